The summed E-state index contributed by atoms with van der Waals surface area (Å²) in [6.45, 7) is 4.71. The number of para-hydroxylation sites is 3. The third kappa shape index (κ3) is 5.99. The number of hydrogen-bond donors (Lipinski definition) is 0. The Morgan fingerprint density at radius 1 is 0.340 bits per heavy atom. The third-order valence-corrected chi connectivity index (χ3v) is 10.6. The van der Waals surface area contributed by atoms with Crippen molar-refractivity contribution >= 4 is 34.1 Å². The zero-order chi connectivity index (χ0) is 35.8. The van der Waals surface area contributed by atoms with Crippen molar-refractivity contribution in [3.8, 4) is 33.4 Å². The first kappa shape index (κ1) is 32.3. The van der Waals surface area contributed by atoms with Crippen molar-refractivity contribution in [3.63, 3.8) is 0 Å². The molecule has 0 amide bonds. The Hall–Kier alpha value is -6.64. The molecule has 8 aromatic rings. The molecule has 0 bridgehead atoms. The van der Waals surface area contributed by atoms with Crippen LogP contribution in [0.2, 0.25) is 0 Å². The summed E-state index contributed by atoms with van der Waals surface area (Å²) in [5.41, 5.74) is 16.7. The van der Waals surface area contributed by atoms with E-state index in [-0.39, 0.29) is 5.41 Å². The number of fused-ring (bicyclic) bond motifs is 2. The highest BCUT2D eigenvalue weighted by atomic mass is 15.2. The smallest absolute Gasteiger partial charge is 0.0503 e. The predicted octanol–water partition coefficient (Wildman–Crippen LogP) is 14.3. The van der Waals surface area contributed by atoms with Crippen molar-refractivity contribution < 1.29 is 0 Å². The van der Waals surface area contributed by atoms with E-state index in [0.717, 1.165) is 17.1 Å². The van der Waals surface area contributed by atoms with Crippen LogP contribution in [0.5, 0.6) is 0 Å². The second kappa shape index (κ2) is 13.5. The summed E-state index contributed by atoms with van der Waals surface area (Å²) in [5.74, 6) is 0. The monoisotopic (exact) mass is 680 g/mol. The average molecular weight is 681 g/mol. The summed E-state index contributed by atoms with van der Waals surface area (Å²) < 4.78 is 0. The SMILES string of the molecule is CC1(C)c2ccccc2N(c2ccccc2)c2ccc(-c3cccc(-c4cccc(N(c5ccccc5)c5ccc(-c6ccccc6)cc5)c4)c3)cc21. The summed E-state index contributed by atoms with van der Waals surface area (Å²) >= 11 is 0. The van der Waals surface area contributed by atoms with Crippen LogP contribution >= 0.6 is 0 Å². The van der Waals surface area contributed by atoms with Crippen LogP contribution in [0.25, 0.3) is 33.4 Å². The van der Waals surface area contributed by atoms with Gasteiger partial charge in [-0.3, -0.25) is 0 Å². The van der Waals surface area contributed by atoms with E-state index in [2.05, 4.69) is 230 Å². The largest absolute Gasteiger partial charge is 0.310 e. The van der Waals surface area contributed by atoms with Crippen molar-refractivity contribution in [1.29, 1.82) is 0 Å². The van der Waals surface area contributed by atoms with E-state index >= 15 is 0 Å². The summed E-state index contributed by atoms with van der Waals surface area (Å²) in [4.78, 5) is 4.75. The van der Waals surface area contributed by atoms with Gasteiger partial charge in [0.05, 0.1) is 11.4 Å². The van der Waals surface area contributed by atoms with Crippen molar-refractivity contribution in [2.24, 2.45) is 0 Å². The minimum Gasteiger partial charge on any atom is -0.310 e. The molecule has 254 valence electrons. The van der Waals surface area contributed by atoms with Gasteiger partial charge in [-0.1, -0.05) is 147 Å². The lowest BCUT2D eigenvalue weighted by Gasteiger charge is -2.42. The van der Waals surface area contributed by atoms with E-state index in [1.54, 1.807) is 0 Å². The van der Waals surface area contributed by atoms with Gasteiger partial charge < -0.3 is 9.80 Å². The Morgan fingerprint density at radius 3 is 1.53 bits per heavy atom. The van der Waals surface area contributed by atoms with Crippen LogP contribution in [0.15, 0.2) is 206 Å². The van der Waals surface area contributed by atoms with Crippen LogP contribution in [0, 0.1) is 0 Å². The lowest BCUT2D eigenvalue weighted by Crippen LogP contribution is -2.30. The molecule has 1 aliphatic heterocycles. The normalized spacial score (nSPS) is 12.8. The molecule has 0 saturated carbocycles. The molecule has 1 aliphatic rings. The van der Waals surface area contributed by atoms with Gasteiger partial charge >= 0.3 is 0 Å². The summed E-state index contributed by atoms with van der Waals surface area (Å²) in [6, 6.07) is 74.5. The molecular formula is C51H40N2. The van der Waals surface area contributed by atoms with Gasteiger partial charge in [-0.05, 0) is 117 Å². The fraction of sp³-hybridized carbons (Fsp3) is 0.0588. The molecule has 0 aliphatic carbocycles. The fourth-order valence-electron chi connectivity index (χ4n) is 7.90. The van der Waals surface area contributed by atoms with Gasteiger partial charge in [0, 0.05) is 28.2 Å². The van der Waals surface area contributed by atoms with Crippen LogP contribution < -0.4 is 9.80 Å². The van der Waals surface area contributed by atoms with Gasteiger partial charge in [0.2, 0.25) is 0 Å². The molecule has 2 heteroatoms. The quantitative estimate of drug-likeness (QED) is 0.165. The predicted molar refractivity (Wildman–Crippen MR) is 224 cm³/mol. The lowest BCUT2D eigenvalue weighted by molar-refractivity contribution is 0.632. The van der Waals surface area contributed by atoms with Gasteiger partial charge in [0.25, 0.3) is 0 Å². The number of benzene rings is 8. The number of anilines is 6. The Morgan fingerprint density at radius 2 is 0.811 bits per heavy atom. The Labute approximate surface area is 312 Å². The molecule has 0 fully saturated rings. The molecular weight excluding hydrogens is 641 g/mol. The van der Waals surface area contributed by atoms with Gasteiger partial charge in [0.1, 0.15) is 0 Å². The minimum atomic E-state index is -0.167. The van der Waals surface area contributed by atoms with Gasteiger partial charge in [-0.2, -0.15) is 0 Å². The molecule has 0 saturated heterocycles. The van der Waals surface area contributed by atoms with E-state index in [1.165, 1.54) is 61.6 Å². The zero-order valence-corrected chi connectivity index (χ0v) is 30.0. The molecule has 0 spiro atoms. The van der Waals surface area contributed by atoms with Crippen LogP contribution in [-0.2, 0) is 5.41 Å². The molecule has 0 atom stereocenters. The standard InChI is InChI=1S/C51H40N2/c1-51(2)47-26-12-13-27-49(47)53(44-23-10-5-11-24-44)50-33-30-42(36-48(50)51)40-19-14-18-39(34-40)41-20-15-25-46(35-41)52(43-21-8-4-9-22-43)45-31-28-38(29-32-45)37-16-6-3-7-17-37/h3-36H,1-2H3. The first-order valence-electron chi connectivity index (χ1n) is 18.4. The van der Waals surface area contributed by atoms with Crippen molar-refractivity contribution in [1.82, 2.24) is 0 Å². The summed E-state index contributed by atoms with van der Waals surface area (Å²) in [5, 5.41) is 0. The van der Waals surface area contributed by atoms with Crippen LogP contribution in [0.4, 0.5) is 34.1 Å². The number of rotatable bonds is 7. The van der Waals surface area contributed by atoms with E-state index < -0.39 is 0 Å². The average Bonchev–Trinajstić information content (AvgIpc) is 3.23. The van der Waals surface area contributed by atoms with Crippen molar-refractivity contribution in [3.05, 3.63) is 217 Å². The van der Waals surface area contributed by atoms with E-state index in [0.29, 0.717) is 0 Å². The Kier molecular flexibility index (Phi) is 8.21. The first-order chi connectivity index (χ1) is 26.0. The molecule has 53 heavy (non-hydrogen) atoms. The van der Waals surface area contributed by atoms with Crippen LogP contribution in [0.3, 0.4) is 0 Å². The number of nitrogens with zero attached hydrogens (tertiary/aromatic N) is 2. The highest BCUT2D eigenvalue weighted by molar-refractivity contribution is 5.88. The maximum Gasteiger partial charge on any atom is 0.0503 e. The lowest BCUT2D eigenvalue weighted by atomic mass is 9.73. The van der Waals surface area contributed by atoms with Gasteiger partial charge in [-0.15, -0.1) is 0 Å². The summed E-state index contributed by atoms with van der Waals surface area (Å²) in [7, 11) is 0. The third-order valence-electron chi connectivity index (χ3n) is 10.6. The summed E-state index contributed by atoms with van der Waals surface area (Å²) in [6.07, 6.45) is 0. The minimum absolute atomic E-state index is 0.167. The second-order valence-electron chi connectivity index (χ2n) is 14.3. The maximum absolute atomic E-state index is 2.41. The molecule has 2 nitrogen and oxygen atoms in total. The molecule has 0 aromatic heterocycles. The van der Waals surface area contributed by atoms with Gasteiger partial charge in [-0.25, -0.2) is 0 Å². The maximum atomic E-state index is 2.41. The topological polar surface area (TPSA) is 6.48 Å². The molecule has 0 radical (unpaired) electrons. The zero-order valence-electron chi connectivity index (χ0n) is 30.0. The first-order valence-corrected chi connectivity index (χ1v) is 18.4. The highest BCUT2D eigenvalue weighted by Gasteiger charge is 2.36. The molecule has 1 heterocycles. The van der Waals surface area contributed by atoms with E-state index in [9.17, 15) is 0 Å². The molecule has 9 rings (SSSR count). The van der Waals surface area contributed by atoms with Crippen LogP contribution in [-0.4, -0.2) is 0 Å². The molecule has 0 unspecified atom stereocenters. The Bertz CT molecular complexity index is 2520. The van der Waals surface area contributed by atoms with Gasteiger partial charge in [0.15, 0.2) is 0 Å². The molecule has 8 aromatic carbocycles. The second-order valence-corrected chi connectivity index (χ2v) is 14.3. The van der Waals surface area contributed by atoms with E-state index in [1.807, 2.05) is 0 Å². The Balaban J connectivity index is 1.09. The fourth-order valence-corrected chi connectivity index (χ4v) is 7.90. The van der Waals surface area contributed by atoms with Crippen LogP contribution in [0.1, 0.15) is 25.0 Å². The highest BCUT2D eigenvalue weighted by Crippen LogP contribution is 2.52. The van der Waals surface area contributed by atoms with Crippen molar-refractivity contribution in [2.45, 2.75) is 19.3 Å². The molecule has 0 N–H and O–H groups in total. The van der Waals surface area contributed by atoms with E-state index in [4.69, 9.17) is 0 Å². The van der Waals surface area contributed by atoms with Crippen molar-refractivity contribution in [2.75, 3.05) is 9.80 Å². The number of hydrogen-bond acceptors (Lipinski definition) is 2.